The van der Waals surface area contributed by atoms with Gasteiger partial charge in [-0.25, -0.2) is 0 Å². The molecule has 3 atom stereocenters. The summed E-state index contributed by atoms with van der Waals surface area (Å²) < 4.78 is 0. The fourth-order valence-corrected chi connectivity index (χ4v) is 2.50. The first kappa shape index (κ1) is 12.7. The van der Waals surface area contributed by atoms with Crippen molar-refractivity contribution < 1.29 is 10.2 Å². The fourth-order valence-electron chi connectivity index (χ4n) is 2.50. The zero-order chi connectivity index (χ0) is 11.7. The maximum atomic E-state index is 10.4. The largest absolute Gasteiger partial charge is 0.390 e. The lowest BCUT2D eigenvalue weighted by atomic mass is 9.65. The zero-order valence-corrected chi connectivity index (χ0v) is 10.2. The van der Waals surface area contributed by atoms with E-state index >= 15 is 0 Å². The lowest BCUT2D eigenvalue weighted by Gasteiger charge is -2.45. The van der Waals surface area contributed by atoms with E-state index in [1.807, 2.05) is 0 Å². The highest BCUT2D eigenvalue weighted by Crippen LogP contribution is 2.43. The van der Waals surface area contributed by atoms with Crippen LogP contribution in [-0.2, 0) is 0 Å². The van der Waals surface area contributed by atoms with Gasteiger partial charge >= 0.3 is 0 Å². The predicted octanol–water partition coefficient (Wildman–Crippen LogP) is 2.50. The Hall–Kier alpha value is -0.340. The molecule has 0 saturated heterocycles. The van der Waals surface area contributed by atoms with Gasteiger partial charge in [0.15, 0.2) is 0 Å². The molecule has 1 rings (SSSR count). The molecule has 0 radical (unpaired) electrons. The SMILES string of the molecule is C=CC[C@@]1(O)C[C@@H](C(C)(C)C)CC[C@@H]1O. The maximum absolute atomic E-state index is 10.4. The van der Waals surface area contributed by atoms with Crippen LogP contribution in [0.2, 0.25) is 0 Å². The molecule has 1 aliphatic rings. The van der Waals surface area contributed by atoms with E-state index in [1.54, 1.807) is 6.08 Å². The number of rotatable bonds is 2. The highest BCUT2D eigenvalue weighted by molar-refractivity contribution is 4.99. The van der Waals surface area contributed by atoms with Crippen LogP contribution in [0.1, 0.15) is 46.5 Å². The van der Waals surface area contributed by atoms with E-state index in [4.69, 9.17) is 0 Å². The standard InChI is InChI=1S/C13H24O2/c1-5-8-13(15)9-10(12(2,3)4)6-7-11(13)14/h5,10-11,14-15H,1,6-9H2,2-4H3/t10-,11-,13+/m0/s1. The van der Waals surface area contributed by atoms with E-state index in [-0.39, 0.29) is 5.41 Å². The van der Waals surface area contributed by atoms with Crippen molar-refractivity contribution in [2.75, 3.05) is 0 Å². The van der Waals surface area contributed by atoms with E-state index < -0.39 is 11.7 Å². The van der Waals surface area contributed by atoms with E-state index in [0.29, 0.717) is 25.2 Å². The van der Waals surface area contributed by atoms with E-state index in [0.717, 1.165) is 6.42 Å². The van der Waals surface area contributed by atoms with Gasteiger partial charge in [0.25, 0.3) is 0 Å². The van der Waals surface area contributed by atoms with Crippen LogP contribution in [-0.4, -0.2) is 21.9 Å². The highest BCUT2D eigenvalue weighted by atomic mass is 16.3. The summed E-state index contributed by atoms with van der Waals surface area (Å²) in [7, 11) is 0. The van der Waals surface area contributed by atoms with Crippen molar-refractivity contribution in [3.63, 3.8) is 0 Å². The molecule has 1 aliphatic carbocycles. The number of hydrogen-bond acceptors (Lipinski definition) is 2. The van der Waals surface area contributed by atoms with Gasteiger partial charge in [-0.2, -0.15) is 0 Å². The summed E-state index contributed by atoms with van der Waals surface area (Å²) in [6.07, 6.45) is 3.99. The summed E-state index contributed by atoms with van der Waals surface area (Å²) in [6.45, 7) is 10.2. The normalized spacial score (nSPS) is 37.7. The van der Waals surface area contributed by atoms with Gasteiger partial charge in [0.2, 0.25) is 0 Å². The van der Waals surface area contributed by atoms with Crippen LogP contribution in [0, 0.1) is 11.3 Å². The molecule has 0 aromatic heterocycles. The quantitative estimate of drug-likeness (QED) is 0.690. The van der Waals surface area contributed by atoms with Crippen LogP contribution in [0.15, 0.2) is 12.7 Å². The monoisotopic (exact) mass is 212 g/mol. The van der Waals surface area contributed by atoms with Gasteiger partial charge in [-0.15, -0.1) is 6.58 Å². The van der Waals surface area contributed by atoms with Crippen molar-refractivity contribution in [2.24, 2.45) is 11.3 Å². The average Bonchev–Trinajstić information content (AvgIpc) is 2.08. The van der Waals surface area contributed by atoms with Gasteiger partial charge in [-0.05, 0) is 37.0 Å². The Morgan fingerprint density at radius 2 is 2.00 bits per heavy atom. The molecule has 15 heavy (non-hydrogen) atoms. The summed E-state index contributed by atoms with van der Waals surface area (Å²) in [6, 6.07) is 0. The van der Waals surface area contributed by atoms with Gasteiger partial charge in [0.1, 0.15) is 0 Å². The Kier molecular flexibility index (Phi) is 3.62. The topological polar surface area (TPSA) is 40.5 Å². The summed E-state index contributed by atoms with van der Waals surface area (Å²) in [5.41, 5.74) is -0.743. The second-order valence-corrected chi connectivity index (χ2v) is 5.96. The Bertz CT molecular complexity index is 229. The molecule has 0 spiro atoms. The molecule has 1 saturated carbocycles. The Labute approximate surface area is 93.0 Å². The van der Waals surface area contributed by atoms with E-state index in [2.05, 4.69) is 27.4 Å². The van der Waals surface area contributed by atoms with Gasteiger partial charge in [0, 0.05) is 0 Å². The third-order valence-corrected chi connectivity index (χ3v) is 3.73. The fraction of sp³-hybridized carbons (Fsp3) is 0.846. The van der Waals surface area contributed by atoms with Crippen LogP contribution >= 0.6 is 0 Å². The second kappa shape index (κ2) is 4.26. The minimum Gasteiger partial charge on any atom is -0.390 e. The molecule has 0 unspecified atom stereocenters. The predicted molar refractivity (Wildman–Crippen MR) is 62.6 cm³/mol. The zero-order valence-electron chi connectivity index (χ0n) is 10.2. The Balaban J connectivity index is 2.76. The molecule has 1 fully saturated rings. The van der Waals surface area contributed by atoms with Crippen molar-refractivity contribution in [3.05, 3.63) is 12.7 Å². The van der Waals surface area contributed by atoms with Crippen LogP contribution in [0.4, 0.5) is 0 Å². The van der Waals surface area contributed by atoms with Crippen molar-refractivity contribution >= 4 is 0 Å². The van der Waals surface area contributed by atoms with E-state index in [1.165, 1.54) is 0 Å². The molecule has 2 heteroatoms. The molecule has 0 aliphatic heterocycles. The minimum atomic E-state index is -0.946. The summed E-state index contributed by atoms with van der Waals surface area (Å²) in [5, 5.41) is 20.2. The van der Waals surface area contributed by atoms with Gasteiger partial charge in [-0.1, -0.05) is 26.8 Å². The third kappa shape index (κ3) is 2.82. The molecular weight excluding hydrogens is 188 g/mol. The van der Waals surface area contributed by atoms with Crippen molar-refractivity contribution in [2.45, 2.75) is 58.2 Å². The number of hydrogen-bond donors (Lipinski definition) is 2. The van der Waals surface area contributed by atoms with Crippen molar-refractivity contribution in [1.82, 2.24) is 0 Å². The second-order valence-electron chi connectivity index (χ2n) is 5.96. The summed E-state index contributed by atoms with van der Waals surface area (Å²) >= 11 is 0. The van der Waals surface area contributed by atoms with Crippen LogP contribution in [0.3, 0.4) is 0 Å². The smallest absolute Gasteiger partial charge is 0.0942 e. The molecule has 88 valence electrons. The lowest BCUT2D eigenvalue weighted by molar-refractivity contribution is -0.123. The first-order valence-corrected chi connectivity index (χ1v) is 5.81. The van der Waals surface area contributed by atoms with Gasteiger partial charge in [0.05, 0.1) is 11.7 Å². The van der Waals surface area contributed by atoms with Gasteiger partial charge in [-0.3, -0.25) is 0 Å². The van der Waals surface area contributed by atoms with E-state index in [9.17, 15) is 10.2 Å². The highest BCUT2D eigenvalue weighted by Gasteiger charge is 2.43. The first-order chi connectivity index (χ1) is 6.79. The first-order valence-electron chi connectivity index (χ1n) is 5.81. The molecule has 2 N–H and O–H groups in total. The minimum absolute atomic E-state index is 0.204. The molecule has 2 nitrogen and oxygen atoms in total. The molecule has 0 aromatic carbocycles. The van der Waals surface area contributed by atoms with Crippen molar-refractivity contribution in [3.8, 4) is 0 Å². The molecule has 0 heterocycles. The Morgan fingerprint density at radius 1 is 1.40 bits per heavy atom. The number of aliphatic hydroxyl groups is 2. The third-order valence-electron chi connectivity index (χ3n) is 3.73. The lowest BCUT2D eigenvalue weighted by Crippen LogP contribution is -2.49. The van der Waals surface area contributed by atoms with Crippen LogP contribution < -0.4 is 0 Å². The van der Waals surface area contributed by atoms with Crippen LogP contribution in [0.25, 0.3) is 0 Å². The average molecular weight is 212 g/mol. The van der Waals surface area contributed by atoms with Crippen LogP contribution in [0.5, 0.6) is 0 Å². The molecule has 0 amide bonds. The molecular formula is C13H24O2. The van der Waals surface area contributed by atoms with Crippen molar-refractivity contribution in [1.29, 1.82) is 0 Å². The maximum Gasteiger partial charge on any atom is 0.0942 e. The number of aliphatic hydroxyl groups excluding tert-OH is 1. The Morgan fingerprint density at radius 3 is 2.47 bits per heavy atom. The molecule has 0 bridgehead atoms. The summed E-state index contributed by atoms with van der Waals surface area (Å²) in [4.78, 5) is 0. The molecule has 0 aromatic rings. The summed E-state index contributed by atoms with van der Waals surface area (Å²) in [5.74, 6) is 0.478. The van der Waals surface area contributed by atoms with Gasteiger partial charge < -0.3 is 10.2 Å².